The van der Waals surface area contributed by atoms with Crippen LogP contribution in [0, 0.1) is 5.82 Å². The average Bonchev–Trinajstić information content (AvgIpc) is 2.76. The van der Waals surface area contributed by atoms with Gasteiger partial charge in [0.05, 0.1) is 30.1 Å². The number of carbonyl (C=O) groups excluding carboxylic acids is 1. The Bertz CT molecular complexity index is 1070. The molecular weight excluding hydrogens is 413 g/mol. The van der Waals surface area contributed by atoms with Gasteiger partial charge in [-0.1, -0.05) is 12.1 Å². The van der Waals surface area contributed by atoms with E-state index in [0.29, 0.717) is 11.4 Å². The lowest BCUT2D eigenvalue weighted by atomic mass is 10.0. The van der Waals surface area contributed by atoms with Crippen LogP contribution < -0.4 is 20.3 Å². The van der Waals surface area contributed by atoms with Crippen molar-refractivity contribution in [2.45, 2.75) is 32.4 Å². The van der Waals surface area contributed by atoms with Gasteiger partial charge in [-0.3, -0.25) is 0 Å². The number of rotatable bonds is 7. The van der Waals surface area contributed by atoms with Gasteiger partial charge in [-0.05, 0) is 57.2 Å². The van der Waals surface area contributed by atoms with E-state index < -0.39 is 17.4 Å². The lowest BCUT2D eigenvalue weighted by Crippen LogP contribution is -2.40. The van der Waals surface area contributed by atoms with Crippen LogP contribution >= 0.6 is 0 Å². The van der Waals surface area contributed by atoms with Crippen LogP contribution in [0.15, 0.2) is 60.8 Å². The molecule has 0 spiro atoms. The maximum Gasteiger partial charge on any atom is 0.332 e. The van der Waals surface area contributed by atoms with Crippen molar-refractivity contribution in [1.29, 1.82) is 0 Å². The number of urea groups is 1. The van der Waals surface area contributed by atoms with Gasteiger partial charge in [0.25, 0.3) is 0 Å². The molecule has 8 nitrogen and oxygen atoms in total. The van der Waals surface area contributed by atoms with Crippen molar-refractivity contribution in [3.05, 3.63) is 66.6 Å². The number of para-hydroxylation sites is 1. The third kappa shape index (κ3) is 5.50. The van der Waals surface area contributed by atoms with Gasteiger partial charge >= 0.3 is 6.03 Å². The summed E-state index contributed by atoms with van der Waals surface area (Å²) in [6.07, 6.45) is 1.49. The molecule has 9 heteroatoms. The summed E-state index contributed by atoms with van der Waals surface area (Å²) in [6, 6.07) is 13.3. The van der Waals surface area contributed by atoms with Gasteiger partial charge in [-0.25, -0.2) is 19.1 Å². The van der Waals surface area contributed by atoms with Gasteiger partial charge in [-0.15, -0.1) is 0 Å². The van der Waals surface area contributed by atoms with Crippen LogP contribution in [0.4, 0.5) is 32.3 Å². The maximum atomic E-state index is 14.1. The van der Waals surface area contributed by atoms with E-state index in [0.717, 1.165) is 0 Å². The summed E-state index contributed by atoms with van der Waals surface area (Å²) in [5.41, 5.74) is -0.490. The van der Waals surface area contributed by atoms with Crippen LogP contribution in [0.2, 0.25) is 0 Å². The third-order valence-corrected chi connectivity index (χ3v) is 4.92. The van der Waals surface area contributed by atoms with Crippen LogP contribution in [0.25, 0.3) is 0 Å². The number of hydrogen-bond donors (Lipinski definition) is 3. The summed E-state index contributed by atoms with van der Waals surface area (Å²) in [7, 11) is 1.55. The Hall–Kier alpha value is -3.72. The predicted molar refractivity (Wildman–Crippen MR) is 122 cm³/mol. The fourth-order valence-electron chi connectivity index (χ4n) is 2.73. The first kappa shape index (κ1) is 23.0. The Balaban J connectivity index is 1.98. The van der Waals surface area contributed by atoms with Gasteiger partial charge < -0.3 is 20.5 Å². The van der Waals surface area contributed by atoms with E-state index >= 15 is 0 Å². The molecule has 0 aliphatic heterocycles. The minimum atomic E-state index is -1.02. The molecule has 1 heterocycles. The smallest absolute Gasteiger partial charge is 0.332 e. The van der Waals surface area contributed by atoms with E-state index in [9.17, 15) is 14.3 Å². The molecule has 3 rings (SSSR count). The number of anilines is 4. The molecule has 3 aromatic rings. The monoisotopic (exact) mass is 439 g/mol. The number of aromatic nitrogens is 2. The highest BCUT2D eigenvalue weighted by atomic mass is 19.1. The number of nitrogens with zero attached hydrogens (tertiary/aromatic N) is 3. The number of hydrogen-bond acceptors (Lipinski definition) is 6. The second-order valence-electron chi connectivity index (χ2n) is 7.70. The summed E-state index contributed by atoms with van der Waals surface area (Å²) < 4.78 is 19.3. The SMILES string of the molecule is COc1ccc(N(C(=O)Nc2ccccc2F)c2ccnc(NC(C)C(C)(C)O)n2)cc1. The van der Waals surface area contributed by atoms with Crippen LogP contribution in [0.1, 0.15) is 20.8 Å². The second kappa shape index (κ2) is 9.61. The molecule has 2 amide bonds. The molecule has 0 saturated carbocycles. The predicted octanol–water partition coefficient (Wildman–Crippen LogP) is 4.57. The fourth-order valence-corrected chi connectivity index (χ4v) is 2.73. The molecular formula is C23H26FN5O3. The molecule has 0 aliphatic rings. The highest BCUT2D eigenvalue weighted by molar-refractivity contribution is 6.06. The van der Waals surface area contributed by atoms with Gasteiger partial charge in [-0.2, -0.15) is 4.98 Å². The zero-order valence-corrected chi connectivity index (χ0v) is 18.3. The van der Waals surface area contributed by atoms with Crippen molar-refractivity contribution in [3.63, 3.8) is 0 Å². The van der Waals surface area contributed by atoms with E-state index in [1.807, 2.05) is 0 Å². The molecule has 0 saturated heterocycles. The number of ether oxygens (including phenoxy) is 1. The van der Waals surface area contributed by atoms with Crippen LogP contribution in [-0.4, -0.2) is 39.9 Å². The highest BCUT2D eigenvalue weighted by Gasteiger charge is 2.25. The van der Waals surface area contributed by atoms with E-state index in [-0.39, 0.29) is 23.5 Å². The number of methoxy groups -OCH3 is 1. The number of benzene rings is 2. The van der Waals surface area contributed by atoms with Gasteiger partial charge in [0.2, 0.25) is 5.95 Å². The Morgan fingerprint density at radius 3 is 2.47 bits per heavy atom. The first-order valence-electron chi connectivity index (χ1n) is 10.0. The Labute approximate surface area is 186 Å². The molecule has 0 fully saturated rings. The molecule has 0 radical (unpaired) electrons. The zero-order valence-electron chi connectivity index (χ0n) is 18.3. The molecule has 3 N–H and O–H groups in total. The van der Waals surface area contributed by atoms with Crippen molar-refractivity contribution >= 4 is 29.2 Å². The number of nitrogens with one attached hydrogen (secondary N) is 2. The number of carbonyl (C=O) groups is 1. The van der Waals surface area contributed by atoms with Crippen LogP contribution in [-0.2, 0) is 0 Å². The van der Waals surface area contributed by atoms with E-state index in [1.165, 1.54) is 23.2 Å². The molecule has 32 heavy (non-hydrogen) atoms. The lowest BCUT2D eigenvalue weighted by molar-refractivity contribution is 0.0646. The van der Waals surface area contributed by atoms with E-state index in [1.54, 1.807) is 70.3 Å². The molecule has 0 bridgehead atoms. The van der Waals surface area contributed by atoms with Gasteiger partial charge in [0, 0.05) is 12.3 Å². The minimum absolute atomic E-state index is 0.0408. The van der Waals surface area contributed by atoms with Gasteiger partial charge in [0.1, 0.15) is 17.4 Å². The largest absolute Gasteiger partial charge is 0.497 e. The standard InChI is InChI=1S/C23H26FN5O3/c1-15(23(2,3)31)26-21-25-14-13-20(28-21)29(16-9-11-17(32-4)12-10-16)22(30)27-19-8-6-5-7-18(19)24/h5-15,31H,1-4H3,(H,27,30)(H,25,26,28). The quantitative estimate of drug-likeness (QED) is 0.499. The Morgan fingerprint density at radius 1 is 1.16 bits per heavy atom. The summed E-state index contributed by atoms with van der Waals surface area (Å²) in [6.45, 7) is 5.13. The maximum absolute atomic E-state index is 14.1. The van der Waals surface area contributed by atoms with E-state index in [2.05, 4.69) is 20.6 Å². The molecule has 0 aliphatic carbocycles. The van der Waals surface area contributed by atoms with Crippen LogP contribution in [0.3, 0.4) is 0 Å². The Morgan fingerprint density at radius 2 is 1.84 bits per heavy atom. The Kier molecular flexibility index (Phi) is 6.89. The zero-order chi connectivity index (χ0) is 23.3. The molecule has 1 atom stereocenters. The van der Waals surface area contributed by atoms with Crippen LogP contribution in [0.5, 0.6) is 5.75 Å². The fraction of sp³-hybridized carbons (Fsp3) is 0.261. The number of amides is 2. The summed E-state index contributed by atoms with van der Waals surface area (Å²) >= 11 is 0. The molecule has 1 unspecified atom stereocenters. The third-order valence-electron chi connectivity index (χ3n) is 4.92. The summed E-state index contributed by atoms with van der Waals surface area (Å²) in [5.74, 6) is 0.547. The molecule has 168 valence electrons. The van der Waals surface area contributed by atoms with Crippen molar-refractivity contribution < 1.29 is 19.0 Å². The second-order valence-corrected chi connectivity index (χ2v) is 7.70. The van der Waals surface area contributed by atoms with Crippen molar-refractivity contribution in [2.24, 2.45) is 0 Å². The van der Waals surface area contributed by atoms with Crippen molar-refractivity contribution in [1.82, 2.24) is 9.97 Å². The van der Waals surface area contributed by atoms with Crippen molar-refractivity contribution in [2.75, 3.05) is 22.6 Å². The summed E-state index contributed by atoms with van der Waals surface area (Å²) in [5, 5.41) is 15.8. The lowest BCUT2D eigenvalue weighted by Gasteiger charge is -2.27. The van der Waals surface area contributed by atoms with E-state index in [4.69, 9.17) is 4.74 Å². The summed E-state index contributed by atoms with van der Waals surface area (Å²) in [4.78, 5) is 23.1. The highest BCUT2D eigenvalue weighted by Crippen LogP contribution is 2.28. The number of halogens is 1. The average molecular weight is 439 g/mol. The molecule has 1 aromatic heterocycles. The normalized spacial score (nSPS) is 12.1. The van der Waals surface area contributed by atoms with Crippen molar-refractivity contribution in [3.8, 4) is 5.75 Å². The minimum Gasteiger partial charge on any atom is -0.497 e. The molecule has 2 aromatic carbocycles. The number of aliphatic hydroxyl groups is 1. The van der Waals surface area contributed by atoms with Gasteiger partial charge in [0.15, 0.2) is 0 Å². The first-order valence-corrected chi connectivity index (χ1v) is 10.0. The first-order chi connectivity index (χ1) is 15.2. The topological polar surface area (TPSA) is 99.6 Å².